The van der Waals surface area contributed by atoms with Gasteiger partial charge in [-0.1, -0.05) is 6.92 Å². The number of hydrogen-bond acceptors (Lipinski definition) is 2. The summed E-state index contributed by atoms with van der Waals surface area (Å²) in [6, 6.07) is 4.68. The number of methoxy groups -OCH3 is 1. The normalized spacial score (nSPS) is 13.2. The lowest BCUT2D eigenvalue weighted by Crippen LogP contribution is -2.11. The van der Waals surface area contributed by atoms with Gasteiger partial charge in [0.25, 0.3) is 0 Å². The summed E-state index contributed by atoms with van der Waals surface area (Å²) >= 11 is 2.11. The zero-order chi connectivity index (χ0) is 11.7. The predicted octanol–water partition coefficient (Wildman–Crippen LogP) is 3.34. The number of halogens is 2. The Balaban J connectivity index is 2.63. The van der Waals surface area contributed by atoms with Gasteiger partial charge in [-0.2, -0.15) is 5.10 Å². The van der Waals surface area contributed by atoms with Crippen molar-refractivity contribution in [2.75, 3.05) is 7.11 Å². The van der Waals surface area contributed by atoms with Crippen LogP contribution < -0.4 is 0 Å². The molecule has 1 heterocycles. The van der Waals surface area contributed by atoms with Crippen molar-refractivity contribution >= 4 is 33.5 Å². The molecule has 1 atom stereocenters. The highest BCUT2D eigenvalue weighted by Gasteiger charge is 2.15. The second-order valence-electron chi connectivity index (χ2n) is 3.50. The first-order chi connectivity index (χ1) is 7.67. The number of hydrogen-bond donors (Lipinski definition) is 0. The van der Waals surface area contributed by atoms with E-state index in [1.54, 1.807) is 17.9 Å². The monoisotopic (exact) mass is 334 g/mol. The lowest BCUT2D eigenvalue weighted by Gasteiger charge is -2.14. The molecular weight excluding hydrogens is 322 g/mol. The Morgan fingerprint density at radius 2 is 2.31 bits per heavy atom. The van der Waals surface area contributed by atoms with E-state index in [-0.39, 0.29) is 12.0 Å². The van der Waals surface area contributed by atoms with Crippen LogP contribution in [-0.2, 0) is 4.74 Å². The average molecular weight is 334 g/mol. The Hall–Kier alpha value is -0.690. The van der Waals surface area contributed by atoms with Crippen molar-refractivity contribution in [2.45, 2.75) is 19.6 Å². The summed E-state index contributed by atoms with van der Waals surface area (Å²) in [5, 5.41) is 5.21. The zero-order valence-corrected chi connectivity index (χ0v) is 11.2. The number of ether oxygens (including phenoxy) is 1. The van der Waals surface area contributed by atoms with Gasteiger partial charge in [0.2, 0.25) is 0 Å². The van der Waals surface area contributed by atoms with E-state index in [4.69, 9.17) is 4.74 Å². The fraction of sp³-hybridized carbons (Fsp3) is 0.364. The molecular formula is C11H12FIN2O. The average Bonchev–Trinajstić information content (AvgIpc) is 2.58. The Bertz CT molecular complexity index is 508. The molecule has 0 saturated heterocycles. The molecule has 0 saturated carbocycles. The van der Waals surface area contributed by atoms with E-state index in [9.17, 15) is 4.39 Å². The van der Waals surface area contributed by atoms with Crippen molar-refractivity contribution in [2.24, 2.45) is 0 Å². The van der Waals surface area contributed by atoms with Crippen LogP contribution in [0.3, 0.4) is 0 Å². The van der Waals surface area contributed by atoms with E-state index < -0.39 is 0 Å². The molecule has 1 aromatic carbocycles. The van der Waals surface area contributed by atoms with Crippen LogP contribution in [0.5, 0.6) is 0 Å². The van der Waals surface area contributed by atoms with Crippen LogP contribution in [0.15, 0.2) is 18.2 Å². The molecule has 3 nitrogen and oxygen atoms in total. The first kappa shape index (κ1) is 11.8. The molecule has 0 fully saturated rings. The van der Waals surface area contributed by atoms with Crippen molar-refractivity contribution in [3.63, 3.8) is 0 Å². The van der Waals surface area contributed by atoms with Gasteiger partial charge in [-0.3, -0.25) is 0 Å². The van der Waals surface area contributed by atoms with Crippen LogP contribution in [0.4, 0.5) is 4.39 Å². The molecule has 86 valence electrons. The van der Waals surface area contributed by atoms with Gasteiger partial charge in [-0.25, -0.2) is 9.07 Å². The van der Waals surface area contributed by atoms with E-state index in [1.165, 1.54) is 12.1 Å². The van der Waals surface area contributed by atoms with Crippen LogP contribution in [0.1, 0.15) is 19.6 Å². The summed E-state index contributed by atoms with van der Waals surface area (Å²) in [5.74, 6) is -0.240. The van der Waals surface area contributed by atoms with Gasteiger partial charge in [0.1, 0.15) is 15.7 Å². The molecule has 5 heteroatoms. The third-order valence-corrected chi connectivity index (χ3v) is 3.31. The Morgan fingerprint density at radius 3 is 2.94 bits per heavy atom. The Morgan fingerprint density at radius 1 is 1.56 bits per heavy atom. The molecule has 0 radical (unpaired) electrons. The maximum atomic E-state index is 13.1. The van der Waals surface area contributed by atoms with Crippen molar-refractivity contribution in [3.8, 4) is 0 Å². The number of fused-ring (bicyclic) bond motifs is 1. The van der Waals surface area contributed by atoms with Crippen molar-refractivity contribution in [1.29, 1.82) is 0 Å². The third kappa shape index (κ3) is 1.93. The zero-order valence-electron chi connectivity index (χ0n) is 9.08. The van der Waals surface area contributed by atoms with Crippen LogP contribution in [-0.4, -0.2) is 16.9 Å². The maximum absolute atomic E-state index is 13.1. The van der Waals surface area contributed by atoms with Gasteiger partial charge in [0, 0.05) is 12.5 Å². The molecule has 1 aromatic heterocycles. The quantitative estimate of drug-likeness (QED) is 0.805. The predicted molar refractivity (Wildman–Crippen MR) is 68.7 cm³/mol. The summed E-state index contributed by atoms with van der Waals surface area (Å²) in [6.45, 7) is 2.03. The second-order valence-corrected chi connectivity index (χ2v) is 4.52. The SMILES string of the molecule is CCC(OC)n1nc(I)c2cc(F)ccc21. The molecule has 2 aromatic rings. The smallest absolute Gasteiger partial charge is 0.150 e. The summed E-state index contributed by atoms with van der Waals surface area (Å²) in [7, 11) is 1.65. The minimum atomic E-state index is -0.240. The fourth-order valence-corrected chi connectivity index (χ4v) is 2.40. The van der Waals surface area contributed by atoms with Crippen molar-refractivity contribution < 1.29 is 9.13 Å². The summed E-state index contributed by atoms with van der Waals surface area (Å²) in [4.78, 5) is 0. The number of aromatic nitrogens is 2. The summed E-state index contributed by atoms with van der Waals surface area (Å²) in [5.41, 5.74) is 0.902. The highest BCUT2D eigenvalue weighted by atomic mass is 127. The summed E-state index contributed by atoms with van der Waals surface area (Å²) < 4.78 is 21.1. The molecule has 0 aliphatic carbocycles. The van der Waals surface area contributed by atoms with E-state index in [1.807, 2.05) is 6.92 Å². The summed E-state index contributed by atoms with van der Waals surface area (Å²) in [6.07, 6.45) is 0.720. The standard InChI is InChI=1S/C11H12FIN2O/c1-3-10(16-2)15-9-5-4-7(12)6-8(9)11(13)14-15/h4-6,10H,3H2,1-2H3. The van der Waals surface area contributed by atoms with Crippen LogP contribution in [0.25, 0.3) is 10.9 Å². The van der Waals surface area contributed by atoms with Crippen LogP contribution in [0.2, 0.25) is 0 Å². The molecule has 0 aliphatic rings. The second kappa shape index (κ2) is 4.67. The molecule has 0 amide bonds. The minimum absolute atomic E-state index is 0.100. The van der Waals surface area contributed by atoms with Gasteiger partial charge in [0.05, 0.1) is 5.52 Å². The van der Waals surface area contributed by atoms with E-state index in [0.717, 1.165) is 21.0 Å². The van der Waals surface area contributed by atoms with E-state index >= 15 is 0 Å². The molecule has 0 bridgehead atoms. The molecule has 1 unspecified atom stereocenters. The number of rotatable bonds is 3. The molecule has 0 N–H and O–H groups in total. The third-order valence-electron chi connectivity index (χ3n) is 2.52. The largest absolute Gasteiger partial charge is 0.360 e. The first-order valence-corrected chi connectivity index (χ1v) is 6.11. The number of benzene rings is 1. The van der Waals surface area contributed by atoms with E-state index in [2.05, 4.69) is 27.7 Å². The Labute approximate surface area is 107 Å². The minimum Gasteiger partial charge on any atom is -0.360 e. The fourth-order valence-electron chi connectivity index (χ4n) is 1.73. The molecule has 2 rings (SSSR count). The highest BCUT2D eigenvalue weighted by molar-refractivity contribution is 14.1. The van der Waals surface area contributed by atoms with Gasteiger partial charge in [-0.15, -0.1) is 0 Å². The topological polar surface area (TPSA) is 27.1 Å². The first-order valence-electron chi connectivity index (χ1n) is 5.03. The lowest BCUT2D eigenvalue weighted by atomic mass is 10.2. The van der Waals surface area contributed by atoms with Crippen LogP contribution >= 0.6 is 22.6 Å². The molecule has 0 aliphatic heterocycles. The molecule has 16 heavy (non-hydrogen) atoms. The van der Waals surface area contributed by atoms with E-state index in [0.29, 0.717) is 0 Å². The van der Waals surface area contributed by atoms with Gasteiger partial charge < -0.3 is 4.74 Å². The highest BCUT2D eigenvalue weighted by Crippen LogP contribution is 2.25. The van der Waals surface area contributed by atoms with Gasteiger partial charge in [0.15, 0.2) is 0 Å². The number of nitrogens with zero attached hydrogens (tertiary/aromatic N) is 2. The van der Waals surface area contributed by atoms with Crippen LogP contribution in [0, 0.1) is 9.52 Å². The maximum Gasteiger partial charge on any atom is 0.150 e. The lowest BCUT2D eigenvalue weighted by molar-refractivity contribution is 0.0343. The van der Waals surface area contributed by atoms with Gasteiger partial charge >= 0.3 is 0 Å². The van der Waals surface area contributed by atoms with Gasteiger partial charge in [-0.05, 0) is 47.2 Å². The van der Waals surface area contributed by atoms with Crippen molar-refractivity contribution in [1.82, 2.24) is 9.78 Å². The van der Waals surface area contributed by atoms with Crippen molar-refractivity contribution in [3.05, 3.63) is 27.7 Å². The Kier molecular flexibility index (Phi) is 3.44. The molecule has 0 spiro atoms.